The molecule has 0 saturated carbocycles. The number of hydrogen-bond donors (Lipinski definition) is 1. The van der Waals surface area contributed by atoms with Gasteiger partial charge in [-0.05, 0) is 42.4 Å². The number of aryl methyl sites for hydroxylation is 2. The summed E-state index contributed by atoms with van der Waals surface area (Å²) in [7, 11) is 0. The van der Waals surface area contributed by atoms with Crippen molar-refractivity contribution in [2.75, 3.05) is 13.2 Å². The Labute approximate surface area is 105 Å². The van der Waals surface area contributed by atoms with Crippen molar-refractivity contribution >= 4 is 0 Å². The predicted octanol–water partition coefficient (Wildman–Crippen LogP) is 3.21. The van der Waals surface area contributed by atoms with Gasteiger partial charge in [-0.1, -0.05) is 32.9 Å². The van der Waals surface area contributed by atoms with E-state index in [1.165, 1.54) is 17.5 Å². The standard InChI is InChI=1S/C15H24O2/c1-4-14-11-13(6-5-12(2)3)7-8-15(14)17-10-9-16/h7-8,11-12,16H,4-6,9-10H2,1-3H3. The van der Waals surface area contributed by atoms with Crippen LogP contribution in [-0.2, 0) is 12.8 Å². The van der Waals surface area contributed by atoms with Crippen molar-refractivity contribution < 1.29 is 9.84 Å². The first-order valence-electron chi connectivity index (χ1n) is 6.52. The van der Waals surface area contributed by atoms with Gasteiger partial charge in [-0.15, -0.1) is 0 Å². The molecule has 0 aromatic heterocycles. The first-order valence-corrected chi connectivity index (χ1v) is 6.52. The third kappa shape index (κ3) is 4.78. The quantitative estimate of drug-likeness (QED) is 0.787. The Hall–Kier alpha value is -1.02. The van der Waals surface area contributed by atoms with Gasteiger partial charge in [0.15, 0.2) is 0 Å². The number of hydrogen-bond acceptors (Lipinski definition) is 2. The Bertz CT molecular complexity index is 332. The van der Waals surface area contributed by atoms with Gasteiger partial charge < -0.3 is 9.84 Å². The fraction of sp³-hybridized carbons (Fsp3) is 0.600. The van der Waals surface area contributed by atoms with E-state index < -0.39 is 0 Å². The molecule has 96 valence electrons. The van der Waals surface area contributed by atoms with Gasteiger partial charge in [0.05, 0.1) is 6.61 Å². The zero-order chi connectivity index (χ0) is 12.7. The van der Waals surface area contributed by atoms with Gasteiger partial charge in [0.25, 0.3) is 0 Å². The lowest BCUT2D eigenvalue weighted by Gasteiger charge is -2.12. The molecule has 0 heterocycles. The minimum atomic E-state index is 0.0677. The number of rotatable bonds is 7. The molecular weight excluding hydrogens is 212 g/mol. The molecule has 1 N–H and O–H groups in total. The zero-order valence-electron chi connectivity index (χ0n) is 11.2. The normalized spacial score (nSPS) is 10.9. The first-order chi connectivity index (χ1) is 8.17. The Morgan fingerprint density at radius 1 is 1.29 bits per heavy atom. The van der Waals surface area contributed by atoms with Gasteiger partial charge in [0.2, 0.25) is 0 Å². The van der Waals surface area contributed by atoms with Crippen LogP contribution in [-0.4, -0.2) is 18.3 Å². The zero-order valence-corrected chi connectivity index (χ0v) is 11.2. The molecule has 1 aromatic carbocycles. The first kappa shape index (κ1) is 14.0. The maximum Gasteiger partial charge on any atom is 0.122 e. The summed E-state index contributed by atoms with van der Waals surface area (Å²) in [5.74, 6) is 1.65. The van der Waals surface area contributed by atoms with Crippen LogP contribution in [0.5, 0.6) is 5.75 Å². The maximum absolute atomic E-state index is 8.77. The van der Waals surface area contributed by atoms with Crippen LogP contribution in [0.2, 0.25) is 0 Å². The molecule has 0 bridgehead atoms. The summed E-state index contributed by atoms with van der Waals surface area (Å²) in [4.78, 5) is 0. The predicted molar refractivity (Wildman–Crippen MR) is 71.6 cm³/mol. The number of ether oxygens (including phenoxy) is 1. The molecule has 0 aliphatic rings. The highest BCUT2D eigenvalue weighted by molar-refractivity contribution is 5.37. The Balaban J connectivity index is 2.70. The van der Waals surface area contributed by atoms with E-state index in [9.17, 15) is 0 Å². The highest BCUT2D eigenvalue weighted by atomic mass is 16.5. The van der Waals surface area contributed by atoms with Crippen LogP contribution in [0.15, 0.2) is 18.2 Å². The average molecular weight is 236 g/mol. The third-order valence-corrected chi connectivity index (χ3v) is 2.87. The van der Waals surface area contributed by atoms with E-state index >= 15 is 0 Å². The molecule has 0 unspecified atom stereocenters. The van der Waals surface area contributed by atoms with Crippen LogP contribution >= 0.6 is 0 Å². The second-order valence-corrected chi connectivity index (χ2v) is 4.80. The molecule has 1 rings (SSSR count). The second kappa shape index (κ2) is 7.33. The summed E-state index contributed by atoms with van der Waals surface area (Å²) in [6, 6.07) is 6.40. The van der Waals surface area contributed by atoms with E-state index in [-0.39, 0.29) is 6.61 Å². The molecule has 0 fully saturated rings. The topological polar surface area (TPSA) is 29.5 Å². The van der Waals surface area contributed by atoms with Crippen LogP contribution in [0, 0.1) is 5.92 Å². The Morgan fingerprint density at radius 2 is 2.06 bits per heavy atom. The van der Waals surface area contributed by atoms with Gasteiger partial charge in [0.1, 0.15) is 12.4 Å². The van der Waals surface area contributed by atoms with Gasteiger partial charge >= 0.3 is 0 Å². The van der Waals surface area contributed by atoms with E-state index in [0.717, 1.165) is 24.5 Å². The third-order valence-electron chi connectivity index (χ3n) is 2.87. The Kier molecular flexibility index (Phi) is 6.06. The molecule has 1 aromatic rings. The summed E-state index contributed by atoms with van der Waals surface area (Å²) in [5, 5.41) is 8.77. The summed E-state index contributed by atoms with van der Waals surface area (Å²) >= 11 is 0. The van der Waals surface area contributed by atoms with Crippen molar-refractivity contribution in [3.05, 3.63) is 29.3 Å². The molecule has 0 aliphatic carbocycles. The average Bonchev–Trinajstić information content (AvgIpc) is 2.34. The van der Waals surface area contributed by atoms with E-state index in [0.29, 0.717) is 6.61 Å². The van der Waals surface area contributed by atoms with Crippen LogP contribution in [0.4, 0.5) is 0 Å². The highest BCUT2D eigenvalue weighted by Gasteiger charge is 2.04. The van der Waals surface area contributed by atoms with Crippen molar-refractivity contribution in [2.24, 2.45) is 5.92 Å². The monoisotopic (exact) mass is 236 g/mol. The van der Waals surface area contributed by atoms with Gasteiger partial charge in [-0.25, -0.2) is 0 Å². The molecule has 0 amide bonds. The molecule has 0 atom stereocenters. The van der Waals surface area contributed by atoms with Crippen LogP contribution in [0.1, 0.15) is 38.3 Å². The highest BCUT2D eigenvalue weighted by Crippen LogP contribution is 2.22. The smallest absolute Gasteiger partial charge is 0.122 e. The Morgan fingerprint density at radius 3 is 2.65 bits per heavy atom. The fourth-order valence-electron chi connectivity index (χ4n) is 1.82. The van der Waals surface area contributed by atoms with Crippen molar-refractivity contribution in [1.29, 1.82) is 0 Å². The van der Waals surface area contributed by atoms with Crippen LogP contribution in [0.25, 0.3) is 0 Å². The molecule has 2 heteroatoms. The SMILES string of the molecule is CCc1cc(CCC(C)C)ccc1OCCO. The molecule has 0 saturated heterocycles. The molecule has 0 radical (unpaired) electrons. The molecular formula is C15H24O2. The lowest BCUT2D eigenvalue weighted by Crippen LogP contribution is -2.04. The van der Waals surface area contributed by atoms with Crippen LogP contribution < -0.4 is 4.74 Å². The lowest BCUT2D eigenvalue weighted by atomic mass is 10.00. The summed E-state index contributed by atoms with van der Waals surface area (Å²) in [6.45, 7) is 7.07. The molecule has 17 heavy (non-hydrogen) atoms. The number of aliphatic hydroxyl groups excluding tert-OH is 1. The van der Waals surface area contributed by atoms with Crippen molar-refractivity contribution in [3.8, 4) is 5.75 Å². The molecule has 2 nitrogen and oxygen atoms in total. The molecule has 0 aliphatic heterocycles. The minimum Gasteiger partial charge on any atom is -0.491 e. The summed E-state index contributed by atoms with van der Waals surface area (Å²) in [6.07, 6.45) is 3.32. The van der Waals surface area contributed by atoms with Crippen molar-refractivity contribution in [1.82, 2.24) is 0 Å². The maximum atomic E-state index is 8.77. The van der Waals surface area contributed by atoms with Gasteiger partial charge in [0, 0.05) is 0 Å². The van der Waals surface area contributed by atoms with E-state index in [1.807, 2.05) is 6.07 Å². The number of aliphatic hydroxyl groups is 1. The van der Waals surface area contributed by atoms with E-state index in [2.05, 4.69) is 32.9 Å². The fourth-order valence-corrected chi connectivity index (χ4v) is 1.82. The van der Waals surface area contributed by atoms with Crippen molar-refractivity contribution in [3.63, 3.8) is 0 Å². The second-order valence-electron chi connectivity index (χ2n) is 4.80. The van der Waals surface area contributed by atoms with E-state index in [1.54, 1.807) is 0 Å². The van der Waals surface area contributed by atoms with E-state index in [4.69, 9.17) is 9.84 Å². The summed E-state index contributed by atoms with van der Waals surface area (Å²) < 4.78 is 5.51. The van der Waals surface area contributed by atoms with Crippen molar-refractivity contribution in [2.45, 2.75) is 40.0 Å². The summed E-state index contributed by atoms with van der Waals surface area (Å²) in [5.41, 5.74) is 2.62. The minimum absolute atomic E-state index is 0.0677. The van der Waals surface area contributed by atoms with Gasteiger partial charge in [-0.2, -0.15) is 0 Å². The largest absolute Gasteiger partial charge is 0.491 e. The van der Waals surface area contributed by atoms with Gasteiger partial charge in [-0.3, -0.25) is 0 Å². The lowest BCUT2D eigenvalue weighted by molar-refractivity contribution is 0.200. The number of benzene rings is 1. The van der Waals surface area contributed by atoms with Crippen LogP contribution in [0.3, 0.4) is 0 Å². The molecule has 0 spiro atoms.